The van der Waals surface area contributed by atoms with Gasteiger partial charge in [0.25, 0.3) is 0 Å². The van der Waals surface area contributed by atoms with Gasteiger partial charge in [-0.1, -0.05) is 0 Å². The van der Waals surface area contributed by atoms with Crippen LogP contribution in [0.2, 0.25) is 0 Å². The molecule has 1 N–H and O–H groups in total. The molecule has 0 aliphatic heterocycles. The average molecular weight is 182 g/mol. The Morgan fingerprint density at radius 2 is 2.42 bits per heavy atom. The van der Waals surface area contributed by atoms with Crippen molar-refractivity contribution in [3.05, 3.63) is 22.4 Å². The molecule has 2 rings (SSSR count). The number of carboxylic acid groups (broad SMARTS) is 1. The van der Waals surface area contributed by atoms with E-state index in [9.17, 15) is 4.79 Å². The predicted molar refractivity (Wildman–Crippen MR) is 47.4 cm³/mol. The van der Waals surface area contributed by atoms with E-state index >= 15 is 0 Å². The second kappa shape index (κ2) is 2.90. The Labute approximate surface area is 74.8 Å². The minimum absolute atomic E-state index is 0.125. The van der Waals surface area contributed by atoms with Crippen LogP contribution in [0, 0.1) is 5.92 Å². The van der Waals surface area contributed by atoms with E-state index in [4.69, 9.17) is 5.11 Å². The molecule has 1 fully saturated rings. The number of thiophene rings is 1. The molecule has 1 aromatic heterocycles. The molecule has 1 aliphatic rings. The van der Waals surface area contributed by atoms with Crippen molar-refractivity contribution in [2.75, 3.05) is 0 Å². The van der Waals surface area contributed by atoms with E-state index in [1.807, 2.05) is 11.4 Å². The minimum atomic E-state index is -0.641. The monoisotopic (exact) mass is 182 g/mol. The second-order valence-electron chi connectivity index (χ2n) is 3.19. The predicted octanol–water partition coefficient (Wildman–Crippen LogP) is 2.33. The molecule has 1 heterocycles. The molecule has 2 nitrogen and oxygen atoms in total. The lowest BCUT2D eigenvalue weighted by atomic mass is 9.71. The molecule has 0 aromatic carbocycles. The zero-order valence-electron chi connectivity index (χ0n) is 6.56. The molecular formula is C9H10O2S. The molecule has 0 bridgehead atoms. The Balaban J connectivity index is 2.12. The van der Waals surface area contributed by atoms with Crippen LogP contribution in [0.15, 0.2) is 16.8 Å². The van der Waals surface area contributed by atoms with Crippen LogP contribution in [0.5, 0.6) is 0 Å². The summed E-state index contributed by atoms with van der Waals surface area (Å²) in [6.07, 6.45) is 1.88. The summed E-state index contributed by atoms with van der Waals surface area (Å²) in [5.74, 6) is -0.481. The third kappa shape index (κ3) is 1.14. The SMILES string of the molecule is O=C(O)C1CCC1c1ccsc1. The number of carbonyl (C=O) groups is 1. The van der Waals surface area contributed by atoms with Gasteiger partial charge in [0.1, 0.15) is 0 Å². The van der Waals surface area contributed by atoms with Crippen molar-refractivity contribution in [1.82, 2.24) is 0 Å². The summed E-state index contributed by atoms with van der Waals surface area (Å²) in [5.41, 5.74) is 1.21. The zero-order chi connectivity index (χ0) is 8.55. The van der Waals surface area contributed by atoms with Gasteiger partial charge in [-0.3, -0.25) is 4.79 Å². The Morgan fingerprint density at radius 3 is 2.83 bits per heavy atom. The summed E-state index contributed by atoms with van der Waals surface area (Å²) in [5, 5.41) is 12.9. The molecule has 1 aromatic rings. The smallest absolute Gasteiger partial charge is 0.307 e. The maximum absolute atomic E-state index is 10.7. The Bertz CT molecular complexity index is 279. The van der Waals surface area contributed by atoms with E-state index in [1.165, 1.54) is 5.56 Å². The fourth-order valence-corrected chi connectivity index (χ4v) is 2.41. The molecule has 0 radical (unpaired) electrons. The molecule has 64 valence electrons. The van der Waals surface area contributed by atoms with Crippen molar-refractivity contribution in [2.24, 2.45) is 5.92 Å². The topological polar surface area (TPSA) is 37.3 Å². The highest BCUT2D eigenvalue weighted by molar-refractivity contribution is 7.08. The summed E-state index contributed by atoms with van der Waals surface area (Å²) in [6, 6.07) is 2.03. The van der Waals surface area contributed by atoms with Crippen molar-refractivity contribution in [3.63, 3.8) is 0 Å². The molecule has 1 aliphatic carbocycles. The first-order chi connectivity index (χ1) is 5.79. The lowest BCUT2D eigenvalue weighted by Gasteiger charge is -2.32. The third-order valence-corrected chi connectivity index (χ3v) is 3.26. The lowest BCUT2D eigenvalue weighted by molar-refractivity contribution is -0.145. The van der Waals surface area contributed by atoms with E-state index in [1.54, 1.807) is 11.3 Å². The number of aliphatic carboxylic acids is 1. The van der Waals surface area contributed by atoms with Crippen molar-refractivity contribution in [1.29, 1.82) is 0 Å². The Kier molecular flexibility index (Phi) is 1.89. The van der Waals surface area contributed by atoms with Crippen molar-refractivity contribution in [3.8, 4) is 0 Å². The van der Waals surface area contributed by atoms with Gasteiger partial charge in [0, 0.05) is 0 Å². The fraction of sp³-hybridized carbons (Fsp3) is 0.444. The van der Waals surface area contributed by atoms with E-state index < -0.39 is 5.97 Å². The van der Waals surface area contributed by atoms with Crippen LogP contribution in [0.25, 0.3) is 0 Å². The summed E-state index contributed by atoms with van der Waals surface area (Å²) >= 11 is 1.64. The van der Waals surface area contributed by atoms with Crippen LogP contribution in [0.4, 0.5) is 0 Å². The first-order valence-electron chi connectivity index (χ1n) is 4.04. The standard InChI is InChI=1S/C9H10O2S/c10-9(11)8-2-1-7(8)6-3-4-12-5-6/h3-5,7-8H,1-2H2,(H,10,11). The number of hydrogen-bond acceptors (Lipinski definition) is 2. The lowest BCUT2D eigenvalue weighted by Crippen LogP contribution is -2.30. The van der Waals surface area contributed by atoms with Gasteiger partial charge in [-0.25, -0.2) is 0 Å². The van der Waals surface area contributed by atoms with Crippen LogP contribution >= 0.6 is 11.3 Å². The van der Waals surface area contributed by atoms with Crippen LogP contribution in [-0.2, 0) is 4.79 Å². The number of hydrogen-bond donors (Lipinski definition) is 1. The fourth-order valence-electron chi connectivity index (χ4n) is 1.68. The van der Waals surface area contributed by atoms with E-state index in [0.29, 0.717) is 0 Å². The summed E-state index contributed by atoms with van der Waals surface area (Å²) in [6.45, 7) is 0. The molecule has 0 spiro atoms. The highest BCUT2D eigenvalue weighted by Gasteiger charge is 2.37. The molecule has 1 saturated carbocycles. The van der Waals surface area contributed by atoms with Crippen molar-refractivity contribution < 1.29 is 9.90 Å². The number of carboxylic acids is 1. The molecular weight excluding hydrogens is 172 g/mol. The van der Waals surface area contributed by atoms with Gasteiger partial charge in [0.05, 0.1) is 5.92 Å². The molecule has 3 heteroatoms. The highest BCUT2D eigenvalue weighted by Crippen LogP contribution is 2.43. The van der Waals surface area contributed by atoms with Gasteiger partial charge in [-0.2, -0.15) is 11.3 Å². The molecule has 0 amide bonds. The summed E-state index contributed by atoms with van der Waals surface area (Å²) in [7, 11) is 0. The second-order valence-corrected chi connectivity index (χ2v) is 3.97. The van der Waals surface area contributed by atoms with Gasteiger partial charge >= 0.3 is 5.97 Å². The third-order valence-electron chi connectivity index (χ3n) is 2.56. The van der Waals surface area contributed by atoms with Gasteiger partial charge < -0.3 is 5.11 Å². The van der Waals surface area contributed by atoms with Crippen LogP contribution in [0.3, 0.4) is 0 Å². The first kappa shape index (κ1) is 7.80. The zero-order valence-corrected chi connectivity index (χ0v) is 7.38. The molecule has 12 heavy (non-hydrogen) atoms. The van der Waals surface area contributed by atoms with Crippen molar-refractivity contribution in [2.45, 2.75) is 18.8 Å². The van der Waals surface area contributed by atoms with Crippen LogP contribution in [-0.4, -0.2) is 11.1 Å². The Morgan fingerprint density at radius 1 is 1.58 bits per heavy atom. The normalized spacial score (nSPS) is 28.0. The quantitative estimate of drug-likeness (QED) is 0.762. The van der Waals surface area contributed by atoms with E-state index in [0.717, 1.165) is 12.8 Å². The largest absolute Gasteiger partial charge is 0.481 e. The van der Waals surface area contributed by atoms with Gasteiger partial charge in [0.2, 0.25) is 0 Å². The molecule has 2 atom stereocenters. The first-order valence-corrected chi connectivity index (χ1v) is 4.98. The van der Waals surface area contributed by atoms with Gasteiger partial charge in [-0.05, 0) is 41.1 Å². The molecule has 0 saturated heterocycles. The highest BCUT2D eigenvalue weighted by atomic mass is 32.1. The number of rotatable bonds is 2. The summed E-state index contributed by atoms with van der Waals surface area (Å²) in [4.78, 5) is 10.7. The van der Waals surface area contributed by atoms with Gasteiger partial charge in [-0.15, -0.1) is 0 Å². The van der Waals surface area contributed by atoms with E-state index in [2.05, 4.69) is 5.38 Å². The Hall–Kier alpha value is -0.830. The maximum Gasteiger partial charge on any atom is 0.307 e. The van der Waals surface area contributed by atoms with Crippen LogP contribution < -0.4 is 0 Å². The maximum atomic E-state index is 10.7. The van der Waals surface area contributed by atoms with E-state index in [-0.39, 0.29) is 11.8 Å². The van der Waals surface area contributed by atoms with Crippen molar-refractivity contribution >= 4 is 17.3 Å². The van der Waals surface area contributed by atoms with Gasteiger partial charge in [0.15, 0.2) is 0 Å². The average Bonchev–Trinajstić information content (AvgIpc) is 2.35. The minimum Gasteiger partial charge on any atom is -0.481 e. The molecule has 2 unspecified atom stereocenters. The summed E-state index contributed by atoms with van der Waals surface area (Å²) < 4.78 is 0. The van der Waals surface area contributed by atoms with Crippen LogP contribution in [0.1, 0.15) is 24.3 Å².